The van der Waals surface area contributed by atoms with E-state index >= 15 is 0 Å². The number of carbonyl (C=O) groups is 2. The van der Waals surface area contributed by atoms with Gasteiger partial charge < -0.3 is 31.1 Å². The number of halogens is 2. The topological polar surface area (TPSA) is 133 Å². The van der Waals surface area contributed by atoms with E-state index in [1.165, 1.54) is 11.6 Å². The minimum atomic E-state index is -1.26. The second-order valence-corrected chi connectivity index (χ2v) is 9.02. The Kier molecular flexibility index (Phi) is 13.5. The van der Waals surface area contributed by atoms with Gasteiger partial charge in [0, 0.05) is 16.9 Å². The van der Waals surface area contributed by atoms with Crippen LogP contribution < -0.4 is 45.3 Å². The number of rotatable bonds is 6. The monoisotopic (exact) mass is 576 g/mol. The van der Waals surface area contributed by atoms with Gasteiger partial charge in [-0.25, -0.2) is 4.79 Å². The Labute approximate surface area is 259 Å². The van der Waals surface area contributed by atoms with Crippen LogP contribution in [0.1, 0.15) is 37.4 Å². The van der Waals surface area contributed by atoms with Crippen molar-refractivity contribution < 1.29 is 54.8 Å². The van der Waals surface area contributed by atoms with E-state index in [-0.39, 0.29) is 46.2 Å². The molecule has 4 aromatic rings. The van der Waals surface area contributed by atoms with E-state index in [9.17, 15) is 14.7 Å². The molecule has 4 aromatic carbocycles. The summed E-state index contributed by atoms with van der Waals surface area (Å²) in [6.07, 6.45) is 0. The zero-order valence-electron chi connectivity index (χ0n) is 21.9. The Morgan fingerprint density at radius 3 is 1.85 bits per heavy atom. The van der Waals surface area contributed by atoms with Crippen molar-refractivity contribution in [2.75, 3.05) is 10.6 Å². The summed E-state index contributed by atoms with van der Waals surface area (Å²) in [7, 11) is 0. The molecule has 0 amide bonds. The van der Waals surface area contributed by atoms with Gasteiger partial charge in [-0.15, -0.1) is 0 Å². The number of para-hydroxylation sites is 2. The SMILES string of the molecule is Cc1ccc(Cl)c(Nc2ccccc2C(=O)[O-])c1Cl.Cc1cccc(Nc2ccccc2C(=O)O)c1C.O.[Na+]. The van der Waals surface area contributed by atoms with Gasteiger partial charge in [-0.2, -0.15) is 0 Å². The molecule has 0 aliphatic heterocycles. The first kappa shape index (κ1) is 34.0. The van der Waals surface area contributed by atoms with Gasteiger partial charge in [0.2, 0.25) is 0 Å². The number of hydrogen-bond donors (Lipinski definition) is 3. The molecule has 0 aliphatic carbocycles. The van der Waals surface area contributed by atoms with Gasteiger partial charge in [0.15, 0.2) is 0 Å². The number of aryl methyl sites for hydroxylation is 2. The quantitative estimate of drug-likeness (QED) is 0.301. The molecule has 0 aliphatic rings. The van der Waals surface area contributed by atoms with Crippen molar-refractivity contribution in [1.82, 2.24) is 0 Å². The molecule has 0 heterocycles. The van der Waals surface area contributed by atoms with E-state index < -0.39 is 11.9 Å². The van der Waals surface area contributed by atoms with Crippen LogP contribution in [0.5, 0.6) is 0 Å². The molecular formula is C29H27Cl2N2NaO5. The summed E-state index contributed by atoms with van der Waals surface area (Å²) in [6.45, 7) is 5.89. The van der Waals surface area contributed by atoms with Crippen LogP contribution in [-0.4, -0.2) is 22.5 Å². The fraction of sp³-hybridized carbons (Fsp3) is 0.103. The minimum absolute atomic E-state index is 0. The zero-order valence-corrected chi connectivity index (χ0v) is 25.4. The first-order chi connectivity index (χ1) is 17.6. The summed E-state index contributed by atoms with van der Waals surface area (Å²) in [5, 5.41) is 27.2. The number of benzene rings is 4. The number of nitrogens with one attached hydrogen (secondary N) is 2. The molecule has 0 atom stereocenters. The van der Waals surface area contributed by atoms with Crippen LogP contribution >= 0.6 is 23.2 Å². The summed E-state index contributed by atoms with van der Waals surface area (Å²) < 4.78 is 0. The first-order valence-corrected chi connectivity index (χ1v) is 12.0. The van der Waals surface area contributed by atoms with Crippen molar-refractivity contribution in [3.8, 4) is 0 Å². The largest absolute Gasteiger partial charge is 1.00 e. The maximum Gasteiger partial charge on any atom is 1.00 e. The maximum absolute atomic E-state index is 11.1. The molecule has 10 heteroatoms. The molecule has 0 aromatic heterocycles. The van der Waals surface area contributed by atoms with Gasteiger partial charge >= 0.3 is 35.5 Å². The van der Waals surface area contributed by atoms with E-state index in [2.05, 4.69) is 10.6 Å². The number of carboxylic acid groups (broad SMARTS) is 2. The Morgan fingerprint density at radius 1 is 0.718 bits per heavy atom. The molecule has 4 rings (SSSR count). The molecule has 39 heavy (non-hydrogen) atoms. The summed E-state index contributed by atoms with van der Waals surface area (Å²) in [5.41, 5.74) is 5.89. The number of carboxylic acids is 2. The second-order valence-electron chi connectivity index (χ2n) is 8.23. The summed E-state index contributed by atoms with van der Waals surface area (Å²) in [4.78, 5) is 22.2. The average molecular weight is 577 g/mol. The summed E-state index contributed by atoms with van der Waals surface area (Å²) >= 11 is 12.2. The summed E-state index contributed by atoms with van der Waals surface area (Å²) in [6, 6.07) is 22.7. The third kappa shape index (κ3) is 8.73. The molecule has 0 spiro atoms. The predicted octanol–water partition coefficient (Wildman–Crippen LogP) is 3.33. The minimum Gasteiger partial charge on any atom is -0.545 e. The van der Waals surface area contributed by atoms with Crippen LogP contribution in [-0.2, 0) is 0 Å². The first-order valence-electron chi connectivity index (χ1n) is 11.3. The standard InChI is InChI=1S/C15H15NO2.C14H11Cl2NO2.Na.H2O/c1-10-6-5-9-13(11(10)2)16-14-8-4-3-7-12(14)15(17)18;1-8-6-7-10(15)13(12(8)16)17-11-5-3-2-4-9(11)14(18)19;;/h3-9,16H,1-2H3,(H,17,18);2-7,17H,1H3,(H,18,19);;1H2/q;;+1;/p-1. The Morgan fingerprint density at radius 2 is 1.26 bits per heavy atom. The van der Waals surface area contributed by atoms with E-state index in [1.807, 2.05) is 45.0 Å². The third-order valence-electron chi connectivity index (χ3n) is 5.72. The molecule has 0 unspecified atom stereocenters. The molecule has 198 valence electrons. The molecule has 5 N–H and O–H groups in total. The van der Waals surface area contributed by atoms with Crippen molar-refractivity contribution in [2.24, 2.45) is 0 Å². The van der Waals surface area contributed by atoms with Crippen LogP contribution in [0.3, 0.4) is 0 Å². The van der Waals surface area contributed by atoms with Gasteiger partial charge in [-0.1, -0.05) is 71.7 Å². The van der Waals surface area contributed by atoms with Gasteiger partial charge in [-0.05, 0) is 67.8 Å². The Bertz CT molecular complexity index is 1460. The van der Waals surface area contributed by atoms with E-state index in [1.54, 1.807) is 48.5 Å². The van der Waals surface area contributed by atoms with Crippen molar-refractivity contribution >= 4 is 57.9 Å². The molecule has 7 nitrogen and oxygen atoms in total. The number of aromatic carboxylic acids is 2. The van der Waals surface area contributed by atoms with Crippen LogP contribution in [0.4, 0.5) is 22.7 Å². The maximum atomic E-state index is 11.1. The van der Waals surface area contributed by atoms with Crippen molar-refractivity contribution in [3.05, 3.63) is 117 Å². The Balaban J connectivity index is 0.000000371. The van der Waals surface area contributed by atoms with E-state index in [0.717, 1.165) is 16.8 Å². The van der Waals surface area contributed by atoms with E-state index in [4.69, 9.17) is 28.3 Å². The fourth-order valence-electron chi connectivity index (χ4n) is 3.49. The molecule has 0 radical (unpaired) electrons. The van der Waals surface area contributed by atoms with Crippen LogP contribution in [0, 0.1) is 20.8 Å². The third-order valence-corrected chi connectivity index (χ3v) is 6.52. The average Bonchev–Trinajstić information content (AvgIpc) is 2.88. The number of hydrogen-bond acceptors (Lipinski definition) is 5. The molecule has 0 saturated carbocycles. The molecule has 0 bridgehead atoms. The predicted molar refractivity (Wildman–Crippen MR) is 151 cm³/mol. The van der Waals surface area contributed by atoms with E-state index in [0.29, 0.717) is 27.1 Å². The molecular weight excluding hydrogens is 550 g/mol. The number of carbonyl (C=O) groups excluding carboxylic acids is 1. The van der Waals surface area contributed by atoms with Crippen LogP contribution in [0.25, 0.3) is 0 Å². The smallest absolute Gasteiger partial charge is 0.545 e. The van der Waals surface area contributed by atoms with Gasteiger partial charge in [0.1, 0.15) is 0 Å². The second kappa shape index (κ2) is 15.5. The van der Waals surface area contributed by atoms with Crippen LogP contribution in [0.2, 0.25) is 10.0 Å². The van der Waals surface area contributed by atoms with Crippen molar-refractivity contribution in [2.45, 2.75) is 20.8 Å². The van der Waals surface area contributed by atoms with Gasteiger partial charge in [0.25, 0.3) is 0 Å². The van der Waals surface area contributed by atoms with Crippen LogP contribution in [0.15, 0.2) is 78.9 Å². The Hall–Kier alpha value is -3.04. The molecule has 0 fully saturated rings. The van der Waals surface area contributed by atoms with Gasteiger partial charge in [0.05, 0.1) is 33.0 Å². The fourth-order valence-corrected chi connectivity index (χ4v) is 3.95. The summed E-state index contributed by atoms with van der Waals surface area (Å²) in [5.74, 6) is -2.19. The van der Waals surface area contributed by atoms with Gasteiger partial charge in [-0.3, -0.25) is 0 Å². The normalized spacial score (nSPS) is 9.67. The number of anilines is 4. The zero-order chi connectivity index (χ0) is 27.1. The molecule has 0 saturated heterocycles. The van der Waals surface area contributed by atoms with Crippen molar-refractivity contribution in [1.29, 1.82) is 0 Å². The van der Waals surface area contributed by atoms with Crippen molar-refractivity contribution in [3.63, 3.8) is 0 Å².